The van der Waals surface area contributed by atoms with Gasteiger partial charge in [-0.2, -0.15) is 18.2 Å². The van der Waals surface area contributed by atoms with Gasteiger partial charge in [-0.15, -0.1) is 0 Å². The molecule has 7 heteroatoms. The Morgan fingerprint density at radius 2 is 2.06 bits per heavy atom. The lowest BCUT2D eigenvalue weighted by Gasteiger charge is -2.09. The maximum atomic E-state index is 12.3. The number of hydrogen-bond donors (Lipinski definition) is 1. The van der Waals surface area contributed by atoms with Crippen molar-refractivity contribution in [3.63, 3.8) is 0 Å². The summed E-state index contributed by atoms with van der Waals surface area (Å²) in [4.78, 5) is 6.66. The fourth-order valence-corrected chi connectivity index (χ4v) is 0.983. The molecule has 0 bridgehead atoms. The average Bonchev–Trinajstić information content (AvgIpc) is 2.16. The summed E-state index contributed by atoms with van der Waals surface area (Å²) in [6.45, 7) is 2.25. The number of aromatic nitrogens is 2. The van der Waals surface area contributed by atoms with Crippen molar-refractivity contribution < 1.29 is 17.9 Å². The summed E-state index contributed by atoms with van der Waals surface area (Å²) in [6, 6.07) is 0.742. The van der Waals surface area contributed by atoms with Gasteiger partial charge in [-0.1, -0.05) is 13.3 Å². The van der Waals surface area contributed by atoms with Crippen LogP contribution in [0.4, 0.5) is 19.1 Å². The van der Waals surface area contributed by atoms with Crippen LogP contribution in [-0.2, 0) is 6.18 Å². The van der Waals surface area contributed by atoms with Crippen LogP contribution < -0.4 is 10.5 Å². The van der Waals surface area contributed by atoms with Crippen molar-refractivity contribution in [3.05, 3.63) is 11.8 Å². The monoisotopic (exact) mass is 235 g/mol. The smallest absolute Gasteiger partial charge is 0.433 e. The Morgan fingerprint density at radius 1 is 1.38 bits per heavy atom. The summed E-state index contributed by atoms with van der Waals surface area (Å²) in [7, 11) is 0. The van der Waals surface area contributed by atoms with E-state index >= 15 is 0 Å². The number of unbranched alkanes of at least 4 members (excludes halogenated alkanes) is 1. The molecule has 90 valence electrons. The van der Waals surface area contributed by atoms with Gasteiger partial charge in [-0.3, -0.25) is 0 Å². The number of rotatable bonds is 4. The third-order valence-corrected chi connectivity index (χ3v) is 1.76. The first kappa shape index (κ1) is 12.5. The average molecular weight is 235 g/mol. The lowest BCUT2D eigenvalue weighted by Crippen LogP contribution is -2.12. The fraction of sp³-hybridized carbons (Fsp3) is 0.556. The number of hydrogen-bond acceptors (Lipinski definition) is 4. The van der Waals surface area contributed by atoms with Gasteiger partial charge in [0, 0.05) is 6.07 Å². The van der Waals surface area contributed by atoms with Gasteiger partial charge in [-0.05, 0) is 6.42 Å². The van der Waals surface area contributed by atoms with E-state index in [4.69, 9.17) is 10.5 Å². The summed E-state index contributed by atoms with van der Waals surface area (Å²) in [5.41, 5.74) is 4.07. The minimum absolute atomic E-state index is 0.145. The first-order valence-electron chi connectivity index (χ1n) is 4.78. The Balaban J connectivity index is 2.82. The van der Waals surface area contributed by atoms with Gasteiger partial charge in [-0.25, -0.2) is 4.98 Å². The van der Waals surface area contributed by atoms with Crippen molar-refractivity contribution in [3.8, 4) is 5.88 Å². The standard InChI is InChI=1S/C9H12F3N3O/c1-2-3-4-16-7-5-6(9(10,11)12)14-8(13)15-7/h5H,2-4H2,1H3,(H2,13,14,15). The van der Waals surface area contributed by atoms with E-state index in [0.717, 1.165) is 18.9 Å². The molecule has 1 aromatic heterocycles. The van der Waals surface area contributed by atoms with Crippen LogP contribution >= 0.6 is 0 Å². The van der Waals surface area contributed by atoms with E-state index < -0.39 is 17.8 Å². The number of halogens is 3. The predicted molar refractivity (Wildman–Crippen MR) is 51.8 cm³/mol. The van der Waals surface area contributed by atoms with E-state index in [0.29, 0.717) is 6.61 Å². The van der Waals surface area contributed by atoms with E-state index in [1.807, 2.05) is 6.92 Å². The Morgan fingerprint density at radius 3 is 2.62 bits per heavy atom. The molecule has 16 heavy (non-hydrogen) atoms. The van der Waals surface area contributed by atoms with Gasteiger partial charge >= 0.3 is 6.18 Å². The zero-order chi connectivity index (χ0) is 12.2. The number of nitrogens with zero attached hydrogens (tertiary/aromatic N) is 2. The van der Waals surface area contributed by atoms with Crippen molar-refractivity contribution in [1.29, 1.82) is 0 Å². The molecule has 0 aliphatic heterocycles. The van der Waals surface area contributed by atoms with Crippen LogP contribution in [0.15, 0.2) is 6.07 Å². The van der Waals surface area contributed by atoms with Gasteiger partial charge in [0.2, 0.25) is 11.8 Å². The maximum Gasteiger partial charge on any atom is 0.433 e. The van der Waals surface area contributed by atoms with Crippen molar-refractivity contribution in [2.45, 2.75) is 25.9 Å². The first-order chi connectivity index (χ1) is 7.43. The molecule has 1 aromatic rings. The molecule has 1 heterocycles. The van der Waals surface area contributed by atoms with Crippen LogP contribution in [0.25, 0.3) is 0 Å². The SMILES string of the molecule is CCCCOc1cc(C(F)(F)F)nc(N)n1. The molecule has 0 aliphatic carbocycles. The lowest BCUT2D eigenvalue weighted by molar-refractivity contribution is -0.141. The Labute approximate surface area is 90.6 Å². The number of nitrogens with two attached hydrogens (primary N) is 1. The van der Waals surface area contributed by atoms with Gasteiger partial charge in [0.15, 0.2) is 5.69 Å². The number of nitrogen functional groups attached to an aromatic ring is 1. The van der Waals surface area contributed by atoms with Gasteiger partial charge in [0.05, 0.1) is 6.61 Å². The molecule has 0 saturated heterocycles. The molecule has 0 fully saturated rings. The van der Waals surface area contributed by atoms with Crippen LogP contribution in [0.3, 0.4) is 0 Å². The minimum Gasteiger partial charge on any atom is -0.478 e. The van der Waals surface area contributed by atoms with Crippen LogP contribution in [0, 0.1) is 0 Å². The highest BCUT2D eigenvalue weighted by Crippen LogP contribution is 2.29. The predicted octanol–water partition coefficient (Wildman–Crippen LogP) is 2.26. The molecule has 0 aromatic carbocycles. The summed E-state index contributed by atoms with van der Waals surface area (Å²) < 4.78 is 42.0. The summed E-state index contributed by atoms with van der Waals surface area (Å²) >= 11 is 0. The molecular formula is C9H12F3N3O. The van der Waals surface area contributed by atoms with Crippen LogP contribution in [-0.4, -0.2) is 16.6 Å². The molecule has 1 rings (SSSR count). The zero-order valence-electron chi connectivity index (χ0n) is 8.71. The molecule has 0 atom stereocenters. The highest BCUT2D eigenvalue weighted by Gasteiger charge is 2.33. The minimum atomic E-state index is -4.54. The molecule has 0 spiro atoms. The van der Waals surface area contributed by atoms with Crippen LogP contribution in [0.1, 0.15) is 25.5 Å². The van der Waals surface area contributed by atoms with Crippen molar-refractivity contribution >= 4 is 5.95 Å². The topological polar surface area (TPSA) is 61.0 Å². The molecular weight excluding hydrogens is 223 g/mol. The van der Waals surface area contributed by atoms with E-state index in [1.165, 1.54) is 0 Å². The highest BCUT2D eigenvalue weighted by atomic mass is 19.4. The molecule has 0 aliphatic rings. The van der Waals surface area contributed by atoms with E-state index in [2.05, 4.69) is 9.97 Å². The van der Waals surface area contributed by atoms with Crippen LogP contribution in [0.2, 0.25) is 0 Å². The lowest BCUT2D eigenvalue weighted by atomic mass is 10.3. The number of ether oxygens (including phenoxy) is 1. The molecule has 0 radical (unpaired) electrons. The fourth-order valence-electron chi connectivity index (χ4n) is 0.983. The molecule has 0 saturated carbocycles. The van der Waals surface area contributed by atoms with E-state index in [-0.39, 0.29) is 5.88 Å². The summed E-state index contributed by atoms with van der Waals surface area (Å²) in [6.07, 6.45) is -2.92. The van der Waals surface area contributed by atoms with E-state index in [9.17, 15) is 13.2 Å². The third-order valence-electron chi connectivity index (χ3n) is 1.76. The van der Waals surface area contributed by atoms with Gasteiger partial charge in [0.25, 0.3) is 0 Å². The van der Waals surface area contributed by atoms with Crippen molar-refractivity contribution in [1.82, 2.24) is 9.97 Å². The maximum absolute atomic E-state index is 12.3. The van der Waals surface area contributed by atoms with Gasteiger partial charge < -0.3 is 10.5 Å². The number of anilines is 1. The van der Waals surface area contributed by atoms with Crippen LogP contribution in [0.5, 0.6) is 5.88 Å². The summed E-state index contributed by atoms with van der Waals surface area (Å²) in [5.74, 6) is -0.588. The quantitative estimate of drug-likeness (QED) is 0.813. The Bertz CT molecular complexity index is 354. The molecule has 0 unspecified atom stereocenters. The second-order valence-corrected chi connectivity index (χ2v) is 3.15. The van der Waals surface area contributed by atoms with Crippen molar-refractivity contribution in [2.75, 3.05) is 12.3 Å². The molecule has 2 N–H and O–H groups in total. The second-order valence-electron chi connectivity index (χ2n) is 3.15. The number of alkyl halides is 3. The molecule has 0 amide bonds. The second kappa shape index (κ2) is 5.00. The largest absolute Gasteiger partial charge is 0.478 e. The summed E-state index contributed by atoms with van der Waals surface area (Å²) in [5, 5.41) is 0. The highest BCUT2D eigenvalue weighted by molar-refractivity contribution is 5.27. The Hall–Kier alpha value is -1.53. The zero-order valence-corrected chi connectivity index (χ0v) is 8.71. The Kier molecular flexibility index (Phi) is 3.92. The third kappa shape index (κ3) is 3.56. The van der Waals surface area contributed by atoms with Crippen molar-refractivity contribution in [2.24, 2.45) is 0 Å². The van der Waals surface area contributed by atoms with Gasteiger partial charge in [0.1, 0.15) is 0 Å². The molecule has 4 nitrogen and oxygen atoms in total. The van der Waals surface area contributed by atoms with E-state index in [1.54, 1.807) is 0 Å². The first-order valence-corrected chi connectivity index (χ1v) is 4.78. The normalized spacial score (nSPS) is 11.5.